The van der Waals surface area contributed by atoms with Crippen LogP contribution in [0.25, 0.3) is 0 Å². The molecule has 1 atom stereocenters. The van der Waals surface area contributed by atoms with E-state index in [1.165, 1.54) is 5.56 Å². The number of hydrogen-bond donors (Lipinski definition) is 2. The van der Waals surface area contributed by atoms with Gasteiger partial charge in [0.05, 0.1) is 11.7 Å². The predicted octanol–water partition coefficient (Wildman–Crippen LogP) is 2.65. The van der Waals surface area contributed by atoms with Gasteiger partial charge in [-0.15, -0.1) is 0 Å². The normalized spacial score (nSPS) is 16.8. The van der Waals surface area contributed by atoms with E-state index in [-0.39, 0.29) is 12.0 Å². The molecule has 1 aromatic carbocycles. The van der Waals surface area contributed by atoms with Crippen LogP contribution in [-0.4, -0.2) is 36.7 Å². The number of anilines is 1. The number of pyridine rings is 1. The lowest BCUT2D eigenvalue weighted by Gasteiger charge is -2.14. The van der Waals surface area contributed by atoms with Gasteiger partial charge in [0.2, 0.25) is 0 Å². The molecule has 0 spiro atoms. The molecule has 1 fully saturated rings. The van der Waals surface area contributed by atoms with Crippen molar-refractivity contribution in [2.45, 2.75) is 25.4 Å². The van der Waals surface area contributed by atoms with Crippen molar-refractivity contribution in [3.63, 3.8) is 0 Å². The lowest BCUT2D eigenvalue weighted by atomic mass is 10.1. The molecule has 126 valence electrons. The van der Waals surface area contributed by atoms with Crippen molar-refractivity contribution < 1.29 is 9.53 Å². The van der Waals surface area contributed by atoms with Crippen molar-refractivity contribution in [3.05, 3.63) is 59.8 Å². The Labute approximate surface area is 142 Å². The number of amides is 1. The monoisotopic (exact) mass is 325 g/mol. The summed E-state index contributed by atoms with van der Waals surface area (Å²) in [7, 11) is 0. The molecule has 0 bridgehead atoms. The first kappa shape index (κ1) is 16.5. The fourth-order valence-corrected chi connectivity index (χ4v) is 2.81. The summed E-state index contributed by atoms with van der Waals surface area (Å²) in [5, 5.41) is 6.21. The zero-order valence-corrected chi connectivity index (χ0v) is 13.7. The van der Waals surface area contributed by atoms with E-state index >= 15 is 0 Å². The van der Waals surface area contributed by atoms with Gasteiger partial charge in [-0.05, 0) is 37.0 Å². The van der Waals surface area contributed by atoms with Gasteiger partial charge in [-0.3, -0.25) is 4.79 Å². The second-order valence-electron chi connectivity index (χ2n) is 5.91. The van der Waals surface area contributed by atoms with Crippen molar-refractivity contribution in [1.82, 2.24) is 10.3 Å². The first-order valence-electron chi connectivity index (χ1n) is 8.45. The summed E-state index contributed by atoms with van der Waals surface area (Å²) in [4.78, 5) is 16.7. The van der Waals surface area contributed by atoms with Gasteiger partial charge in [-0.1, -0.05) is 30.3 Å². The van der Waals surface area contributed by atoms with Gasteiger partial charge in [-0.2, -0.15) is 0 Å². The maximum absolute atomic E-state index is 12.4. The lowest BCUT2D eigenvalue weighted by Crippen LogP contribution is -2.28. The third kappa shape index (κ3) is 4.55. The molecule has 1 aliphatic rings. The van der Waals surface area contributed by atoms with Gasteiger partial charge >= 0.3 is 0 Å². The molecule has 1 aromatic heterocycles. The lowest BCUT2D eigenvalue weighted by molar-refractivity contribution is 0.0954. The molecule has 2 aromatic rings. The predicted molar refractivity (Wildman–Crippen MR) is 94.2 cm³/mol. The molecular weight excluding hydrogens is 302 g/mol. The molecule has 1 amide bonds. The minimum Gasteiger partial charge on any atom is -0.376 e. The zero-order valence-electron chi connectivity index (χ0n) is 13.7. The molecule has 1 saturated heterocycles. The molecule has 1 aliphatic heterocycles. The Balaban J connectivity index is 1.53. The standard InChI is InChI=1S/C19H23N3O2/c23-19(21-12-10-15-6-2-1-3-7-15)17-9-4-11-20-18(17)22-14-16-8-5-13-24-16/h1-4,6-7,9,11,16H,5,8,10,12-14H2,(H,20,22)(H,21,23). The number of carbonyl (C=O) groups is 1. The molecule has 2 N–H and O–H groups in total. The highest BCUT2D eigenvalue weighted by Crippen LogP contribution is 2.15. The zero-order chi connectivity index (χ0) is 16.6. The highest BCUT2D eigenvalue weighted by Gasteiger charge is 2.17. The summed E-state index contributed by atoms with van der Waals surface area (Å²) in [6, 6.07) is 13.7. The van der Waals surface area contributed by atoms with Crippen LogP contribution in [0.1, 0.15) is 28.8 Å². The average molecular weight is 325 g/mol. The SMILES string of the molecule is O=C(NCCc1ccccc1)c1cccnc1NCC1CCCO1. The van der Waals surface area contributed by atoms with Gasteiger partial charge in [0.25, 0.3) is 5.91 Å². The molecule has 1 unspecified atom stereocenters. The van der Waals surface area contributed by atoms with Crippen LogP contribution in [0.15, 0.2) is 48.7 Å². The Kier molecular flexibility index (Phi) is 5.80. The number of nitrogens with zero attached hydrogens (tertiary/aromatic N) is 1. The number of ether oxygens (including phenoxy) is 1. The van der Waals surface area contributed by atoms with Crippen molar-refractivity contribution in [2.24, 2.45) is 0 Å². The van der Waals surface area contributed by atoms with E-state index in [4.69, 9.17) is 4.74 Å². The average Bonchev–Trinajstić information content (AvgIpc) is 3.14. The van der Waals surface area contributed by atoms with Crippen molar-refractivity contribution >= 4 is 11.7 Å². The van der Waals surface area contributed by atoms with Crippen LogP contribution < -0.4 is 10.6 Å². The van der Waals surface area contributed by atoms with Crippen LogP contribution in [0.3, 0.4) is 0 Å². The number of hydrogen-bond acceptors (Lipinski definition) is 4. The summed E-state index contributed by atoms with van der Waals surface area (Å²) < 4.78 is 5.60. The van der Waals surface area contributed by atoms with Crippen molar-refractivity contribution in [2.75, 3.05) is 25.0 Å². The number of nitrogens with one attached hydrogen (secondary N) is 2. The van der Waals surface area contributed by atoms with Crippen molar-refractivity contribution in [3.8, 4) is 0 Å². The van der Waals surface area contributed by atoms with E-state index in [0.717, 1.165) is 25.9 Å². The molecule has 0 saturated carbocycles. The quantitative estimate of drug-likeness (QED) is 0.821. The molecule has 24 heavy (non-hydrogen) atoms. The number of benzene rings is 1. The van der Waals surface area contributed by atoms with E-state index in [0.29, 0.717) is 24.5 Å². The number of aromatic nitrogens is 1. The van der Waals surface area contributed by atoms with E-state index in [1.54, 1.807) is 18.3 Å². The van der Waals surface area contributed by atoms with Gasteiger partial charge in [-0.25, -0.2) is 4.98 Å². The van der Waals surface area contributed by atoms with Crippen molar-refractivity contribution in [1.29, 1.82) is 0 Å². The van der Waals surface area contributed by atoms with E-state index in [2.05, 4.69) is 27.8 Å². The van der Waals surface area contributed by atoms with Crippen LogP contribution in [0.4, 0.5) is 5.82 Å². The molecular formula is C19H23N3O2. The summed E-state index contributed by atoms with van der Waals surface area (Å²) in [5.41, 5.74) is 1.78. The molecule has 0 radical (unpaired) electrons. The van der Waals surface area contributed by atoms with Gasteiger partial charge < -0.3 is 15.4 Å². The van der Waals surface area contributed by atoms with Gasteiger partial charge in [0.15, 0.2) is 0 Å². The summed E-state index contributed by atoms with van der Waals surface area (Å²) >= 11 is 0. The Hall–Kier alpha value is -2.40. The Morgan fingerprint density at radius 3 is 2.88 bits per heavy atom. The maximum atomic E-state index is 12.4. The Bertz CT molecular complexity index is 655. The first-order chi connectivity index (χ1) is 11.8. The van der Waals surface area contributed by atoms with E-state index in [9.17, 15) is 4.79 Å². The van der Waals surface area contributed by atoms with Crippen LogP contribution >= 0.6 is 0 Å². The highest BCUT2D eigenvalue weighted by molar-refractivity contribution is 5.98. The van der Waals surface area contributed by atoms with E-state index < -0.39 is 0 Å². The third-order valence-electron chi connectivity index (χ3n) is 4.12. The summed E-state index contributed by atoms with van der Waals surface area (Å²) in [5.74, 6) is 0.513. The fourth-order valence-electron chi connectivity index (χ4n) is 2.81. The van der Waals surface area contributed by atoms with Crippen LogP contribution in [0, 0.1) is 0 Å². The second-order valence-corrected chi connectivity index (χ2v) is 5.91. The molecule has 0 aliphatic carbocycles. The molecule has 3 rings (SSSR count). The van der Waals surface area contributed by atoms with Gasteiger partial charge in [0, 0.05) is 25.9 Å². The summed E-state index contributed by atoms with van der Waals surface area (Å²) in [6.07, 6.45) is 4.87. The van der Waals surface area contributed by atoms with Crippen LogP contribution in [0.5, 0.6) is 0 Å². The Morgan fingerprint density at radius 2 is 2.08 bits per heavy atom. The van der Waals surface area contributed by atoms with E-state index in [1.807, 2.05) is 18.2 Å². The van der Waals surface area contributed by atoms with Crippen LogP contribution in [0.2, 0.25) is 0 Å². The maximum Gasteiger partial charge on any atom is 0.255 e. The number of carbonyl (C=O) groups excluding carboxylic acids is 1. The fraction of sp³-hybridized carbons (Fsp3) is 0.368. The van der Waals surface area contributed by atoms with Crippen LogP contribution in [-0.2, 0) is 11.2 Å². The number of rotatable bonds is 7. The molecule has 5 heteroatoms. The smallest absolute Gasteiger partial charge is 0.255 e. The summed E-state index contributed by atoms with van der Waals surface area (Å²) in [6.45, 7) is 2.10. The third-order valence-corrected chi connectivity index (χ3v) is 4.12. The Morgan fingerprint density at radius 1 is 1.21 bits per heavy atom. The highest BCUT2D eigenvalue weighted by atomic mass is 16.5. The largest absolute Gasteiger partial charge is 0.376 e. The first-order valence-corrected chi connectivity index (χ1v) is 8.45. The minimum atomic E-state index is -0.103. The molecule has 2 heterocycles. The minimum absolute atomic E-state index is 0.103. The molecule has 5 nitrogen and oxygen atoms in total. The second kappa shape index (κ2) is 8.45. The van der Waals surface area contributed by atoms with Gasteiger partial charge in [0.1, 0.15) is 5.82 Å². The topological polar surface area (TPSA) is 63.2 Å².